The molecule has 0 bridgehead atoms. The summed E-state index contributed by atoms with van der Waals surface area (Å²) >= 11 is 3.20. The predicted octanol–water partition coefficient (Wildman–Crippen LogP) is -1.90. The van der Waals surface area contributed by atoms with Crippen LogP contribution in [-0.2, 0) is 10.1 Å². The van der Waals surface area contributed by atoms with E-state index in [1.807, 2.05) is 0 Å². The summed E-state index contributed by atoms with van der Waals surface area (Å²) in [5, 5.41) is 0.867. The summed E-state index contributed by atoms with van der Waals surface area (Å²) in [7, 11) is -3.97. The van der Waals surface area contributed by atoms with Gasteiger partial charge >= 0.3 is 29.6 Å². The maximum absolute atomic E-state index is 10.0. The predicted molar refractivity (Wildman–Crippen MR) is 42.2 cm³/mol. The maximum Gasteiger partial charge on any atom is 1.00 e. The SMILES string of the molecule is O=S(=O)([O-])CCCCCBr.[Na+]. The number of hydrogen-bond acceptors (Lipinski definition) is 3. The molecule has 0 aliphatic heterocycles. The fraction of sp³-hybridized carbons (Fsp3) is 1.00. The molecule has 0 unspecified atom stereocenters. The molecule has 62 valence electrons. The molecule has 0 heterocycles. The van der Waals surface area contributed by atoms with Crippen LogP contribution in [0.4, 0.5) is 0 Å². The average molecular weight is 253 g/mol. The fourth-order valence-electron chi connectivity index (χ4n) is 0.550. The van der Waals surface area contributed by atoms with Crippen molar-refractivity contribution in [1.29, 1.82) is 0 Å². The standard InChI is InChI=1S/C5H11BrO3S.Na/c6-4-2-1-3-5-10(7,8)9;/h1-5H2,(H,7,8,9);/q;+1/p-1. The van der Waals surface area contributed by atoms with E-state index in [9.17, 15) is 13.0 Å². The van der Waals surface area contributed by atoms with E-state index >= 15 is 0 Å². The van der Waals surface area contributed by atoms with Gasteiger partial charge in [-0.05, 0) is 12.8 Å². The Kier molecular flexibility index (Phi) is 10.8. The zero-order valence-corrected chi connectivity index (χ0v) is 10.9. The molecule has 0 saturated carbocycles. The van der Waals surface area contributed by atoms with Crippen molar-refractivity contribution in [2.75, 3.05) is 11.1 Å². The van der Waals surface area contributed by atoms with Gasteiger partial charge in [0.1, 0.15) is 0 Å². The summed E-state index contributed by atoms with van der Waals surface area (Å²) in [5.41, 5.74) is 0. The van der Waals surface area contributed by atoms with E-state index in [0.717, 1.165) is 18.2 Å². The number of unbranched alkanes of at least 4 members (excludes halogenated alkanes) is 2. The Hall–Kier alpha value is 1.39. The number of rotatable bonds is 5. The van der Waals surface area contributed by atoms with Crippen LogP contribution in [0.5, 0.6) is 0 Å². The first kappa shape index (κ1) is 14.9. The molecule has 0 aliphatic rings. The van der Waals surface area contributed by atoms with E-state index in [4.69, 9.17) is 0 Å². The van der Waals surface area contributed by atoms with E-state index < -0.39 is 10.1 Å². The van der Waals surface area contributed by atoms with Crippen molar-refractivity contribution in [2.45, 2.75) is 19.3 Å². The van der Waals surface area contributed by atoms with Gasteiger partial charge in [-0.1, -0.05) is 22.4 Å². The minimum absolute atomic E-state index is 0. The van der Waals surface area contributed by atoms with Crippen LogP contribution in [0.1, 0.15) is 19.3 Å². The second kappa shape index (κ2) is 8.01. The van der Waals surface area contributed by atoms with Gasteiger partial charge in [0.2, 0.25) is 0 Å². The summed E-state index contributed by atoms with van der Waals surface area (Å²) in [6, 6.07) is 0. The molecule has 11 heavy (non-hydrogen) atoms. The molecule has 0 aliphatic carbocycles. The molecule has 0 rings (SSSR count). The van der Waals surface area contributed by atoms with Gasteiger partial charge in [-0.15, -0.1) is 0 Å². The second-order valence-electron chi connectivity index (χ2n) is 2.01. The zero-order valence-electron chi connectivity index (χ0n) is 6.55. The summed E-state index contributed by atoms with van der Waals surface area (Å²) in [6.45, 7) is 0. The Labute approximate surface area is 98.1 Å². The number of halogens is 1. The molecule has 0 amide bonds. The smallest absolute Gasteiger partial charge is 0.748 e. The number of alkyl halides is 1. The molecular weight excluding hydrogens is 243 g/mol. The molecule has 0 N–H and O–H groups in total. The summed E-state index contributed by atoms with van der Waals surface area (Å²) in [6.07, 6.45) is 2.21. The van der Waals surface area contributed by atoms with Crippen molar-refractivity contribution >= 4 is 26.0 Å². The van der Waals surface area contributed by atoms with Crippen molar-refractivity contribution in [3.63, 3.8) is 0 Å². The minimum atomic E-state index is -3.97. The van der Waals surface area contributed by atoms with Crippen molar-refractivity contribution in [2.24, 2.45) is 0 Å². The molecule has 0 radical (unpaired) electrons. The van der Waals surface area contributed by atoms with E-state index in [2.05, 4.69) is 15.9 Å². The number of hydrogen-bond donors (Lipinski definition) is 0. The molecule has 0 aromatic rings. The Morgan fingerprint density at radius 3 is 2.09 bits per heavy atom. The van der Waals surface area contributed by atoms with Gasteiger partial charge < -0.3 is 4.55 Å². The first-order valence-corrected chi connectivity index (χ1v) is 5.75. The Morgan fingerprint density at radius 1 is 1.18 bits per heavy atom. The van der Waals surface area contributed by atoms with E-state index in [1.165, 1.54) is 0 Å². The van der Waals surface area contributed by atoms with Gasteiger partial charge in [0.05, 0.1) is 10.1 Å². The Morgan fingerprint density at radius 2 is 1.73 bits per heavy atom. The van der Waals surface area contributed by atoms with Crippen LogP contribution in [0.25, 0.3) is 0 Å². The second-order valence-corrected chi connectivity index (χ2v) is 4.33. The van der Waals surface area contributed by atoms with Crippen LogP contribution in [-0.4, -0.2) is 24.1 Å². The first-order chi connectivity index (χ1) is 4.56. The van der Waals surface area contributed by atoms with Crippen LogP contribution in [0.2, 0.25) is 0 Å². The van der Waals surface area contributed by atoms with E-state index in [-0.39, 0.29) is 35.3 Å². The Bertz CT molecular complexity index is 169. The van der Waals surface area contributed by atoms with Gasteiger partial charge in [-0.3, -0.25) is 0 Å². The van der Waals surface area contributed by atoms with Crippen LogP contribution >= 0.6 is 15.9 Å². The largest absolute Gasteiger partial charge is 1.00 e. The topological polar surface area (TPSA) is 57.2 Å². The molecule has 0 atom stereocenters. The third-order valence-electron chi connectivity index (χ3n) is 1.03. The quantitative estimate of drug-likeness (QED) is 0.249. The molecular formula is C5H10BrNaO3S. The molecule has 0 spiro atoms. The normalized spacial score (nSPS) is 10.7. The molecule has 0 saturated heterocycles. The molecule has 6 heteroatoms. The van der Waals surface area contributed by atoms with Gasteiger partial charge in [0, 0.05) is 11.1 Å². The molecule has 0 aromatic carbocycles. The third kappa shape index (κ3) is 14.3. The van der Waals surface area contributed by atoms with Gasteiger partial charge in [-0.2, -0.15) is 0 Å². The van der Waals surface area contributed by atoms with Crippen molar-refractivity contribution in [3.8, 4) is 0 Å². The van der Waals surface area contributed by atoms with Gasteiger partial charge in [0.25, 0.3) is 0 Å². The fourth-order valence-corrected chi connectivity index (χ4v) is 1.50. The van der Waals surface area contributed by atoms with Gasteiger partial charge in [-0.25, -0.2) is 8.42 Å². The monoisotopic (exact) mass is 252 g/mol. The van der Waals surface area contributed by atoms with Crippen molar-refractivity contribution in [1.82, 2.24) is 0 Å². The van der Waals surface area contributed by atoms with Gasteiger partial charge in [0.15, 0.2) is 0 Å². The average Bonchev–Trinajstić information content (AvgIpc) is 1.78. The first-order valence-electron chi connectivity index (χ1n) is 3.06. The summed E-state index contributed by atoms with van der Waals surface area (Å²) < 4.78 is 30.1. The van der Waals surface area contributed by atoms with Crippen LogP contribution in [0, 0.1) is 0 Å². The summed E-state index contributed by atoms with van der Waals surface area (Å²) in [4.78, 5) is 0. The minimum Gasteiger partial charge on any atom is -0.748 e. The van der Waals surface area contributed by atoms with E-state index in [0.29, 0.717) is 6.42 Å². The van der Waals surface area contributed by atoms with E-state index in [1.54, 1.807) is 0 Å². The van der Waals surface area contributed by atoms with Crippen LogP contribution < -0.4 is 29.6 Å². The Balaban J connectivity index is 0. The summed E-state index contributed by atoms with van der Waals surface area (Å²) in [5.74, 6) is -0.222. The zero-order chi connectivity index (χ0) is 8.04. The van der Waals surface area contributed by atoms with Crippen molar-refractivity contribution < 1.29 is 42.5 Å². The molecule has 0 aromatic heterocycles. The van der Waals surface area contributed by atoms with Crippen molar-refractivity contribution in [3.05, 3.63) is 0 Å². The maximum atomic E-state index is 10.0. The van der Waals surface area contributed by atoms with Crippen LogP contribution in [0.3, 0.4) is 0 Å². The molecule has 3 nitrogen and oxygen atoms in total. The van der Waals surface area contributed by atoms with Crippen LogP contribution in [0.15, 0.2) is 0 Å². The molecule has 0 fully saturated rings. The third-order valence-corrected chi connectivity index (χ3v) is 2.38.